The zero-order valence-corrected chi connectivity index (χ0v) is 12.4. The van der Waals surface area contributed by atoms with Crippen molar-refractivity contribution >= 4 is 11.5 Å². The minimum Gasteiger partial charge on any atom is -0.497 e. The second-order valence-corrected chi connectivity index (χ2v) is 4.89. The summed E-state index contributed by atoms with van der Waals surface area (Å²) in [5.74, 6) is 2.09. The van der Waals surface area contributed by atoms with Crippen molar-refractivity contribution in [1.82, 2.24) is 19.8 Å². The maximum Gasteiger partial charge on any atom is 0.178 e. The molecule has 0 aliphatic rings. The zero-order valence-electron chi connectivity index (χ0n) is 12.4. The number of benzene rings is 1. The quantitative estimate of drug-likeness (QED) is 0.744. The van der Waals surface area contributed by atoms with Crippen molar-refractivity contribution in [3.63, 3.8) is 0 Å². The Morgan fingerprint density at radius 1 is 1.27 bits per heavy atom. The van der Waals surface area contributed by atoms with Crippen LogP contribution in [-0.2, 0) is 0 Å². The number of methoxy groups -OCH3 is 1. The Hall–Kier alpha value is -2.67. The van der Waals surface area contributed by atoms with E-state index in [0.29, 0.717) is 17.3 Å². The number of aryl methyl sites for hydroxylation is 1. The number of anilines is 1. The van der Waals surface area contributed by atoms with Crippen molar-refractivity contribution in [3.05, 3.63) is 47.8 Å². The van der Waals surface area contributed by atoms with Crippen LogP contribution in [-0.4, -0.2) is 38.6 Å². The number of nitrogens with zero attached hydrogens (tertiary/aromatic N) is 4. The number of nitrogens with one attached hydrogen (secondary N) is 1. The number of ether oxygens (including phenoxy) is 1. The molecule has 0 radical (unpaired) electrons. The highest BCUT2D eigenvalue weighted by atomic mass is 16.5. The van der Waals surface area contributed by atoms with Gasteiger partial charge in [-0.25, -0.2) is 0 Å². The number of aliphatic hydroxyl groups is 1. The predicted molar refractivity (Wildman–Crippen MR) is 82.0 cm³/mol. The number of aromatic nitrogens is 4. The van der Waals surface area contributed by atoms with Crippen LogP contribution in [0.1, 0.15) is 17.4 Å². The van der Waals surface area contributed by atoms with Crippen molar-refractivity contribution in [1.29, 1.82) is 0 Å². The van der Waals surface area contributed by atoms with Crippen LogP contribution in [0.5, 0.6) is 5.75 Å². The SMILES string of the molecule is COc1cccc([C@@H](CO)Nc2ccc3nnc(C)n3n2)c1. The maximum absolute atomic E-state index is 9.67. The van der Waals surface area contributed by atoms with Crippen LogP contribution in [0, 0.1) is 6.92 Å². The van der Waals surface area contributed by atoms with E-state index in [9.17, 15) is 5.11 Å². The highest BCUT2D eigenvalue weighted by Crippen LogP contribution is 2.22. The molecule has 0 fully saturated rings. The molecule has 7 nitrogen and oxygen atoms in total. The van der Waals surface area contributed by atoms with Crippen molar-refractivity contribution in [2.45, 2.75) is 13.0 Å². The molecule has 0 unspecified atom stereocenters. The monoisotopic (exact) mass is 299 g/mol. The maximum atomic E-state index is 9.67. The Morgan fingerprint density at radius 3 is 2.91 bits per heavy atom. The standard InChI is InChI=1S/C15H17N5O2/c1-10-17-18-15-7-6-14(19-20(10)15)16-13(9-21)11-4-3-5-12(8-11)22-2/h3-8,13,21H,9H2,1-2H3,(H,16,19)/t13-/m1/s1. The number of fused-ring (bicyclic) bond motifs is 1. The molecule has 7 heteroatoms. The number of hydrogen-bond acceptors (Lipinski definition) is 6. The van der Waals surface area contributed by atoms with E-state index in [-0.39, 0.29) is 12.6 Å². The van der Waals surface area contributed by atoms with Gasteiger partial charge < -0.3 is 15.2 Å². The molecule has 114 valence electrons. The lowest BCUT2D eigenvalue weighted by atomic mass is 10.1. The van der Waals surface area contributed by atoms with Crippen molar-refractivity contribution in [2.24, 2.45) is 0 Å². The molecular weight excluding hydrogens is 282 g/mol. The first-order valence-electron chi connectivity index (χ1n) is 6.91. The molecule has 0 bridgehead atoms. The molecule has 0 saturated carbocycles. The average molecular weight is 299 g/mol. The topological polar surface area (TPSA) is 84.6 Å². The summed E-state index contributed by atoms with van der Waals surface area (Å²) in [4.78, 5) is 0. The van der Waals surface area contributed by atoms with E-state index in [0.717, 1.165) is 11.3 Å². The lowest BCUT2D eigenvalue weighted by Crippen LogP contribution is -2.16. The van der Waals surface area contributed by atoms with Gasteiger partial charge in [0.2, 0.25) is 0 Å². The first-order valence-corrected chi connectivity index (χ1v) is 6.91. The minimum absolute atomic E-state index is 0.0615. The highest BCUT2D eigenvalue weighted by molar-refractivity contribution is 5.46. The molecule has 2 heterocycles. The molecule has 1 aromatic carbocycles. The van der Waals surface area contributed by atoms with Crippen LogP contribution in [0.2, 0.25) is 0 Å². The summed E-state index contributed by atoms with van der Waals surface area (Å²) in [5, 5.41) is 25.3. The van der Waals surface area contributed by atoms with Crippen molar-refractivity contribution < 1.29 is 9.84 Å². The average Bonchev–Trinajstić information content (AvgIpc) is 2.93. The summed E-state index contributed by atoms with van der Waals surface area (Å²) in [7, 11) is 1.62. The lowest BCUT2D eigenvalue weighted by Gasteiger charge is -2.18. The second kappa shape index (κ2) is 5.98. The van der Waals surface area contributed by atoms with Gasteiger partial charge in [0.25, 0.3) is 0 Å². The Bertz CT molecular complexity index is 786. The number of rotatable bonds is 5. The van der Waals surface area contributed by atoms with Crippen LogP contribution < -0.4 is 10.1 Å². The van der Waals surface area contributed by atoms with Gasteiger partial charge in [-0.1, -0.05) is 12.1 Å². The van der Waals surface area contributed by atoms with Crippen LogP contribution in [0.15, 0.2) is 36.4 Å². The van der Waals surface area contributed by atoms with Crippen LogP contribution in [0.4, 0.5) is 5.82 Å². The molecule has 3 rings (SSSR count). The zero-order chi connectivity index (χ0) is 15.5. The molecular formula is C15H17N5O2. The summed E-state index contributed by atoms with van der Waals surface area (Å²) in [6.07, 6.45) is 0. The van der Waals surface area contributed by atoms with E-state index >= 15 is 0 Å². The van der Waals surface area contributed by atoms with Crippen LogP contribution >= 0.6 is 0 Å². The Labute approximate surface area is 127 Å². The van der Waals surface area contributed by atoms with Gasteiger partial charge in [0.1, 0.15) is 11.6 Å². The Morgan fingerprint density at radius 2 is 2.14 bits per heavy atom. The van der Waals surface area contributed by atoms with Gasteiger partial charge in [-0.3, -0.25) is 0 Å². The molecule has 0 amide bonds. The first kappa shape index (κ1) is 14.3. The van der Waals surface area contributed by atoms with Gasteiger partial charge in [-0.15, -0.1) is 15.3 Å². The van der Waals surface area contributed by atoms with E-state index in [4.69, 9.17) is 4.74 Å². The molecule has 0 spiro atoms. The summed E-state index contributed by atoms with van der Waals surface area (Å²) < 4.78 is 6.87. The smallest absolute Gasteiger partial charge is 0.178 e. The summed E-state index contributed by atoms with van der Waals surface area (Å²) in [6, 6.07) is 10.9. The van der Waals surface area contributed by atoms with Crippen LogP contribution in [0.3, 0.4) is 0 Å². The van der Waals surface area contributed by atoms with Crippen molar-refractivity contribution in [3.8, 4) is 5.75 Å². The van der Waals surface area contributed by atoms with E-state index in [1.165, 1.54) is 0 Å². The summed E-state index contributed by atoms with van der Waals surface area (Å²) >= 11 is 0. The molecule has 2 aromatic heterocycles. The predicted octanol–water partition coefficient (Wildman–Crippen LogP) is 1.59. The molecule has 3 aromatic rings. The third kappa shape index (κ3) is 2.71. The van der Waals surface area contributed by atoms with E-state index in [1.54, 1.807) is 11.6 Å². The lowest BCUT2D eigenvalue weighted by molar-refractivity contribution is 0.275. The highest BCUT2D eigenvalue weighted by Gasteiger charge is 2.13. The first-order chi connectivity index (χ1) is 10.7. The Balaban J connectivity index is 1.88. The molecule has 0 aliphatic carbocycles. The van der Waals surface area contributed by atoms with Gasteiger partial charge in [0.15, 0.2) is 11.5 Å². The normalized spacial score (nSPS) is 12.3. The fourth-order valence-corrected chi connectivity index (χ4v) is 2.24. The fraction of sp³-hybridized carbons (Fsp3) is 0.267. The van der Waals surface area contributed by atoms with Gasteiger partial charge in [-0.2, -0.15) is 4.52 Å². The third-order valence-electron chi connectivity index (χ3n) is 3.42. The number of aliphatic hydroxyl groups excluding tert-OH is 1. The second-order valence-electron chi connectivity index (χ2n) is 4.89. The largest absolute Gasteiger partial charge is 0.497 e. The molecule has 0 aliphatic heterocycles. The van der Waals surface area contributed by atoms with Gasteiger partial charge in [0.05, 0.1) is 19.8 Å². The molecule has 0 saturated heterocycles. The summed E-state index contributed by atoms with van der Waals surface area (Å²) in [5.41, 5.74) is 1.61. The number of hydrogen-bond donors (Lipinski definition) is 2. The van der Waals surface area contributed by atoms with Crippen LogP contribution in [0.25, 0.3) is 5.65 Å². The Kier molecular flexibility index (Phi) is 3.88. The minimum atomic E-state index is -0.281. The van der Waals surface area contributed by atoms with Gasteiger partial charge >= 0.3 is 0 Å². The fourth-order valence-electron chi connectivity index (χ4n) is 2.24. The van der Waals surface area contributed by atoms with Crippen molar-refractivity contribution in [2.75, 3.05) is 19.0 Å². The van der Waals surface area contributed by atoms with E-state index in [1.807, 2.05) is 43.3 Å². The van der Waals surface area contributed by atoms with Gasteiger partial charge in [0, 0.05) is 0 Å². The van der Waals surface area contributed by atoms with E-state index < -0.39 is 0 Å². The third-order valence-corrected chi connectivity index (χ3v) is 3.42. The summed E-state index contributed by atoms with van der Waals surface area (Å²) in [6.45, 7) is 1.77. The molecule has 2 N–H and O–H groups in total. The molecule has 22 heavy (non-hydrogen) atoms. The molecule has 1 atom stereocenters. The van der Waals surface area contributed by atoms with E-state index in [2.05, 4.69) is 20.6 Å². The van der Waals surface area contributed by atoms with Gasteiger partial charge in [-0.05, 0) is 36.8 Å².